The molecule has 0 bridgehead atoms. The van der Waals surface area contributed by atoms with Crippen molar-refractivity contribution in [3.05, 3.63) is 120 Å². The number of esters is 2. The minimum absolute atomic E-state index is 0.330. The molecule has 5 aromatic rings. The summed E-state index contributed by atoms with van der Waals surface area (Å²) < 4.78 is 11.5. The van der Waals surface area contributed by atoms with Crippen LogP contribution in [0.4, 0.5) is 0 Å². The number of ether oxygens (including phenoxy) is 2. The molecule has 0 aromatic heterocycles. The molecule has 0 heterocycles. The number of carbonyl (C=O) groups is 2. The SMILES string of the molecule is O=C(Oc1cccc2cccc(OC(=O)c3cccc4ccccc34)c12)c1ccccc1. The molecule has 5 rings (SSSR count). The number of carbonyl (C=O) groups excluding carboxylic acids is 2. The summed E-state index contributed by atoms with van der Waals surface area (Å²) in [7, 11) is 0. The minimum atomic E-state index is -0.478. The molecule has 4 heteroatoms. The Labute approximate surface area is 184 Å². The molecule has 0 radical (unpaired) electrons. The van der Waals surface area contributed by atoms with Gasteiger partial charge in [-0.2, -0.15) is 0 Å². The van der Waals surface area contributed by atoms with Gasteiger partial charge in [-0.3, -0.25) is 0 Å². The molecule has 0 N–H and O–H groups in total. The van der Waals surface area contributed by atoms with Crippen LogP contribution in [0.25, 0.3) is 21.5 Å². The molecule has 0 atom stereocenters. The molecule has 154 valence electrons. The second kappa shape index (κ2) is 8.36. The van der Waals surface area contributed by atoms with E-state index in [0.29, 0.717) is 28.0 Å². The monoisotopic (exact) mass is 418 g/mol. The van der Waals surface area contributed by atoms with Gasteiger partial charge < -0.3 is 9.47 Å². The third-order valence-corrected chi connectivity index (χ3v) is 5.25. The Bertz CT molecular complexity index is 1440. The van der Waals surface area contributed by atoms with Crippen molar-refractivity contribution < 1.29 is 19.1 Å². The number of fused-ring (bicyclic) bond motifs is 2. The maximum absolute atomic E-state index is 13.1. The minimum Gasteiger partial charge on any atom is -0.422 e. The molecular formula is C28H18O4. The van der Waals surface area contributed by atoms with Crippen LogP contribution in [0.5, 0.6) is 11.5 Å². The summed E-state index contributed by atoms with van der Waals surface area (Å²) >= 11 is 0. The van der Waals surface area contributed by atoms with Crippen LogP contribution in [0.1, 0.15) is 20.7 Å². The summed E-state index contributed by atoms with van der Waals surface area (Å²) in [6.07, 6.45) is 0. The van der Waals surface area contributed by atoms with E-state index < -0.39 is 11.9 Å². The summed E-state index contributed by atoms with van der Waals surface area (Å²) in [5.41, 5.74) is 0.911. The van der Waals surface area contributed by atoms with Crippen molar-refractivity contribution in [3.63, 3.8) is 0 Å². The van der Waals surface area contributed by atoms with E-state index in [-0.39, 0.29) is 0 Å². The molecule has 0 aliphatic carbocycles. The van der Waals surface area contributed by atoms with Gasteiger partial charge in [0.05, 0.1) is 16.5 Å². The summed E-state index contributed by atoms with van der Waals surface area (Å²) in [6.45, 7) is 0. The first kappa shape index (κ1) is 19.5. The van der Waals surface area contributed by atoms with Gasteiger partial charge in [0.25, 0.3) is 0 Å². The average Bonchev–Trinajstić information content (AvgIpc) is 2.84. The lowest BCUT2D eigenvalue weighted by Gasteiger charge is -2.13. The Morgan fingerprint density at radius 1 is 0.500 bits per heavy atom. The summed E-state index contributed by atoms with van der Waals surface area (Å²) in [5, 5.41) is 3.13. The maximum Gasteiger partial charge on any atom is 0.344 e. The topological polar surface area (TPSA) is 52.6 Å². The van der Waals surface area contributed by atoms with E-state index in [1.165, 1.54) is 0 Å². The zero-order chi connectivity index (χ0) is 21.9. The van der Waals surface area contributed by atoms with Crippen LogP contribution in [0, 0.1) is 0 Å². The van der Waals surface area contributed by atoms with E-state index in [2.05, 4.69) is 0 Å². The lowest BCUT2D eigenvalue weighted by atomic mass is 10.0. The predicted octanol–water partition coefficient (Wildman–Crippen LogP) is 6.43. The Morgan fingerprint density at radius 3 is 1.81 bits per heavy atom. The largest absolute Gasteiger partial charge is 0.422 e. The van der Waals surface area contributed by atoms with E-state index in [4.69, 9.17) is 9.47 Å². The zero-order valence-corrected chi connectivity index (χ0v) is 17.0. The number of benzene rings is 5. The van der Waals surface area contributed by atoms with Crippen molar-refractivity contribution in [1.29, 1.82) is 0 Å². The zero-order valence-electron chi connectivity index (χ0n) is 17.0. The smallest absolute Gasteiger partial charge is 0.344 e. The Morgan fingerprint density at radius 2 is 1.06 bits per heavy atom. The highest BCUT2D eigenvalue weighted by Crippen LogP contribution is 2.35. The van der Waals surface area contributed by atoms with Crippen LogP contribution in [-0.4, -0.2) is 11.9 Å². The number of rotatable bonds is 4. The molecular weight excluding hydrogens is 400 g/mol. The maximum atomic E-state index is 13.1. The molecule has 0 aliphatic rings. The van der Waals surface area contributed by atoms with Crippen LogP contribution < -0.4 is 9.47 Å². The summed E-state index contributed by atoms with van der Waals surface area (Å²) in [5.74, 6) is -0.290. The highest BCUT2D eigenvalue weighted by atomic mass is 16.5. The van der Waals surface area contributed by atoms with Crippen molar-refractivity contribution in [3.8, 4) is 11.5 Å². The first-order chi connectivity index (χ1) is 15.7. The molecule has 0 spiro atoms. The lowest BCUT2D eigenvalue weighted by Crippen LogP contribution is -2.11. The van der Waals surface area contributed by atoms with Crippen molar-refractivity contribution in [2.45, 2.75) is 0 Å². The van der Waals surface area contributed by atoms with Crippen LogP contribution in [0.3, 0.4) is 0 Å². The van der Waals surface area contributed by atoms with Gasteiger partial charge in [0.1, 0.15) is 11.5 Å². The second-order valence-corrected chi connectivity index (χ2v) is 7.28. The van der Waals surface area contributed by atoms with Crippen LogP contribution in [0.15, 0.2) is 109 Å². The van der Waals surface area contributed by atoms with E-state index in [0.717, 1.165) is 16.2 Å². The fourth-order valence-electron chi connectivity index (χ4n) is 3.73. The van der Waals surface area contributed by atoms with Gasteiger partial charge >= 0.3 is 11.9 Å². The fraction of sp³-hybridized carbons (Fsp3) is 0. The normalized spacial score (nSPS) is 10.8. The van der Waals surface area contributed by atoms with Gasteiger partial charge in [-0.25, -0.2) is 9.59 Å². The molecule has 4 nitrogen and oxygen atoms in total. The standard InChI is InChI=1S/C28H18O4/c29-27(21-10-2-1-3-11-21)31-24-17-7-13-20-14-8-18-25(26(20)24)32-28(30)23-16-6-12-19-9-4-5-15-22(19)23/h1-18H. The molecule has 0 saturated carbocycles. The van der Waals surface area contributed by atoms with Crippen LogP contribution in [-0.2, 0) is 0 Å². The highest BCUT2D eigenvalue weighted by molar-refractivity contribution is 6.06. The van der Waals surface area contributed by atoms with Gasteiger partial charge in [0.2, 0.25) is 0 Å². The second-order valence-electron chi connectivity index (χ2n) is 7.28. The lowest BCUT2D eigenvalue weighted by molar-refractivity contribution is 0.0736. The fourth-order valence-corrected chi connectivity index (χ4v) is 3.73. The van der Waals surface area contributed by atoms with Gasteiger partial charge in [-0.05, 0) is 46.5 Å². The third kappa shape index (κ3) is 3.70. The van der Waals surface area contributed by atoms with E-state index in [1.54, 1.807) is 54.6 Å². The van der Waals surface area contributed by atoms with Crippen LogP contribution >= 0.6 is 0 Å². The summed E-state index contributed by atoms with van der Waals surface area (Å²) in [6, 6.07) is 32.7. The Balaban J connectivity index is 1.53. The molecule has 0 unspecified atom stereocenters. The molecule has 0 amide bonds. The Hall–Kier alpha value is -4.44. The molecule has 32 heavy (non-hydrogen) atoms. The van der Waals surface area contributed by atoms with Crippen LogP contribution in [0.2, 0.25) is 0 Å². The van der Waals surface area contributed by atoms with E-state index >= 15 is 0 Å². The van der Waals surface area contributed by atoms with Gasteiger partial charge in [-0.15, -0.1) is 0 Å². The predicted molar refractivity (Wildman–Crippen MR) is 124 cm³/mol. The molecule has 0 fully saturated rings. The van der Waals surface area contributed by atoms with E-state index in [1.807, 2.05) is 54.6 Å². The third-order valence-electron chi connectivity index (χ3n) is 5.25. The van der Waals surface area contributed by atoms with Crippen molar-refractivity contribution in [2.24, 2.45) is 0 Å². The number of hydrogen-bond donors (Lipinski definition) is 0. The molecule has 0 aliphatic heterocycles. The van der Waals surface area contributed by atoms with Crippen molar-refractivity contribution in [2.75, 3.05) is 0 Å². The van der Waals surface area contributed by atoms with E-state index in [9.17, 15) is 9.59 Å². The highest BCUT2D eigenvalue weighted by Gasteiger charge is 2.17. The average molecular weight is 418 g/mol. The van der Waals surface area contributed by atoms with Gasteiger partial charge in [0.15, 0.2) is 0 Å². The molecule has 0 saturated heterocycles. The first-order valence-electron chi connectivity index (χ1n) is 10.2. The van der Waals surface area contributed by atoms with Crippen molar-refractivity contribution >= 4 is 33.5 Å². The number of hydrogen-bond acceptors (Lipinski definition) is 4. The first-order valence-corrected chi connectivity index (χ1v) is 10.2. The van der Waals surface area contributed by atoms with Crippen molar-refractivity contribution in [1.82, 2.24) is 0 Å². The summed E-state index contributed by atoms with van der Waals surface area (Å²) in [4.78, 5) is 25.7. The van der Waals surface area contributed by atoms with Gasteiger partial charge in [-0.1, -0.05) is 78.9 Å². The quantitative estimate of drug-likeness (QED) is 0.249. The van der Waals surface area contributed by atoms with Gasteiger partial charge in [0, 0.05) is 0 Å². The molecule has 5 aromatic carbocycles. The Kier molecular flexibility index (Phi) is 5.10.